The maximum absolute atomic E-state index is 5.26. The van der Waals surface area contributed by atoms with Crippen LogP contribution in [-0.4, -0.2) is 0 Å². The predicted molar refractivity (Wildman–Crippen MR) is 119 cm³/mol. The molecule has 0 aromatic heterocycles. The molecule has 0 nitrogen and oxygen atoms in total. The van der Waals surface area contributed by atoms with Gasteiger partial charge in [0.1, 0.15) is 0 Å². The molecule has 0 aromatic carbocycles. The van der Waals surface area contributed by atoms with E-state index in [1.165, 1.54) is 116 Å². The van der Waals surface area contributed by atoms with Crippen LogP contribution < -0.4 is 0 Å². The summed E-state index contributed by atoms with van der Waals surface area (Å²) >= 11 is 0. The summed E-state index contributed by atoms with van der Waals surface area (Å²) in [5.41, 5.74) is 0. The molecule has 0 N–H and O–H groups in total. The van der Waals surface area contributed by atoms with Gasteiger partial charge in [0.25, 0.3) is 0 Å². The Balaban J connectivity index is 3.09. The summed E-state index contributed by atoms with van der Waals surface area (Å²) in [6.45, 7) is 2.29. The number of terminal acetylenes is 1. The molecule has 0 radical (unpaired) electrons. The van der Waals surface area contributed by atoms with Gasteiger partial charge >= 0.3 is 0 Å². The van der Waals surface area contributed by atoms with E-state index in [1.807, 2.05) is 0 Å². The summed E-state index contributed by atoms with van der Waals surface area (Å²) in [4.78, 5) is 0. The van der Waals surface area contributed by atoms with E-state index in [0.717, 1.165) is 19.3 Å². The Morgan fingerprint density at radius 3 is 1.08 bits per heavy atom. The Kier molecular flexibility index (Phi) is 23.3. The van der Waals surface area contributed by atoms with Gasteiger partial charge in [-0.25, -0.2) is 0 Å². The lowest BCUT2D eigenvalue weighted by Crippen LogP contribution is -1.82. The molecule has 0 atom stereocenters. The van der Waals surface area contributed by atoms with Crippen molar-refractivity contribution < 1.29 is 0 Å². The van der Waals surface area contributed by atoms with E-state index in [-0.39, 0.29) is 0 Å². The van der Waals surface area contributed by atoms with Gasteiger partial charge < -0.3 is 0 Å². The maximum Gasteiger partial charge on any atom is 0.00886 e. The fraction of sp³-hybridized carbons (Fsp3) is 0.846. The standard InChI is InChI=1S/C26H46/c1-3-5-7-9-11-13-15-17-19-21-23-25-26-24-22-20-18-16-14-12-10-8-6-4-2/h1H,4-24H2,2H3. The fourth-order valence-electron chi connectivity index (χ4n) is 3.38. The lowest BCUT2D eigenvalue weighted by atomic mass is 10.1. The minimum atomic E-state index is 0.956. The van der Waals surface area contributed by atoms with Gasteiger partial charge in [0.2, 0.25) is 0 Å². The second kappa shape index (κ2) is 24.1. The summed E-state index contributed by atoms with van der Waals surface area (Å²) in [6.07, 6.45) is 33.2. The molecule has 0 saturated carbocycles. The van der Waals surface area contributed by atoms with Crippen LogP contribution in [0.2, 0.25) is 0 Å². The highest BCUT2D eigenvalue weighted by atomic mass is 14.0. The van der Waals surface area contributed by atoms with Crippen molar-refractivity contribution in [3.05, 3.63) is 0 Å². The Labute approximate surface area is 166 Å². The van der Waals surface area contributed by atoms with Gasteiger partial charge in [0.15, 0.2) is 0 Å². The monoisotopic (exact) mass is 358 g/mol. The first-order chi connectivity index (χ1) is 12.9. The van der Waals surface area contributed by atoms with Crippen molar-refractivity contribution in [3.63, 3.8) is 0 Å². The number of hydrogen-bond acceptors (Lipinski definition) is 0. The molecule has 0 rings (SSSR count). The molecule has 0 aromatic rings. The molecule has 0 saturated heterocycles. The predicted octanol–water partition coefficient (Wildman–Crippen LogP) is 8.84. The first-order valence-electron chi connectivity index (χ1n) is 11.8. The highest BCUT2D eigenvalue weighted by molar-refractivity contribution is 4.98. The van der Waals surface area contributed by atoms with Gasteiger partial charge in [-0.15, -0.1) is 24.2 Å². The summed E-state index contributed by atoms with van der Waals surface area (Å²) < 4.78 is 0. The molecule has 0 heteroatoms. The summed E-state index contributed by atoms with van der Waals surface area (Å²) in [5, 5.41) is 0. The van der Waals surface area contributed by atoms with E-state index in [9.17, 15) is 0 Å². The van der Waals surface area contributed by atoms with Gasteiger partial charge in [-0.1, -0.05) is 103 Å². The number of rotatable bonds is 19. The van der Waals surface area contributed by atoms with E-state index in [4.69, 9.17) is 6.42 Å². The molecule has 0 bridgehead atoms. The van der Waals surface area contributed by atoms with Crippen LogP contribution in [0.5, 0.6) is 0 Å². The van der Waals surface area contributed by atoms with Crippen LogP contribution in [-0.2, 0) is 0 Å². The Morgan fingerprint density at radius 1 is 0.423 bits per heavy atom. The van der Waals surface area contributed by atoms with Crippen LogP contribution >= 0.6 is 0 Å². The second-order valence-electron chi connectivity index (χ2n) is 7.82. The van der Waals surface area contributed by atoms with Crippen molar-refractivity contribution in [1.82, 2.24) is 0 Å². The van der Waals surface area contributed by atoms with Crippen LogP contribution in [0, 0.1) is 24.2 Å². The largest absolute Gasteiger partial charge is 0.120 e. The zero-order chi connectivity index (χ0) is 19.0. The zero-order valence-corrected chi connectivity index (χ0v) is 17.9. The molecular formula is C26H46. The van der Waals surface area contributed by atoms with Crippen molar-refractivity contribution in [2.45, 2.75) is 142 Å². The van der Waals surface area contributed by atoms with Crippen LogP contribution in [0.25, 0.3) is 0 Å². The van der Waals surface area contributed by atoms with Crippen molar-refractivity contribution >= 4 is 0 Å². The molecule has 0 spiro atoms. The van der Waals surface area contributed by atoms with Crippen LogP contribution in [0.15, 0.2) is 0 Å². The normalized spacial score (nSPS) is 10.3. The summed E-state index contributed by atoms with van der Waals surface area (Å²) in [5.74, 6) is 9.46. The smallest absolute Gasteiger partial charge is 0.00886 e. The minimum absolute atomic E-state index is 0.956. The van der Waals surface area contributed by atoms with Crippen LogP contribution in [0.1, 0.15) is 142 Å². The van der Waals surface area contributed by atoms with Crippen LogP contribution in [0.3, 0.4) is 0 Å². The first-order valence-corrected chi connectivity index (χ1v) is 11.8. The third-order valence-corrected chi connectivity index (χ3v) is 5.15. The van der Waals surface area contributed by atoms with Crippen molar-refractivity contribution in [3.8, 4) is 24.2 Å². The van der Waals surface area contributed by atoms with Gasteiger partial charge in [-0.2, -0.15) is 0 Å². The van der Waals surface area contributed by atoms with Crippen molar-refractivity contribution in [2.24, 2.45) is 0 Å². The lowest BCUT2D eigenvalue weighted by molar-refractivity contribution is 0.558. The quantitative estimate of drug-likeness (QED) is 0.160. The van der Waals surface area contributed by atoms with E-state index in [0.29, 0.717) is 0 Å². The molecule has 0 fully saturated rings. The van der Waals surface area contributed by atoms with E-state index >= 15 is 0 Å². The van der Waals surface area contributed by atoms with Gasteiger partial charge in [0, 0.05) is 19.3 Å². The molecule has 26 heavy (non-hydrogen) atoms. The summed E-state index contributed by atoms with van der Waals surface area (Å²) in [7, 11) is 0. The maximum atomic E-state index is 5.26. The van der Waals surface area contributed by atoms with E-state index < -0.39 is 0 Å². The molecule has 0 amide bonds. The zero-order valence-electron chi connectivity index (χ0n) is 17.9. The van der Waals surface area contributed by atoms with Gasteiger partial charge in [0.05, 0.1) is 0 Å². The minimum Gasteiger partial charge on any atom is -0.120 e. The lowest BCUT2D eigenvalue weighted by Gasteiger charge is -2.01. The summed E-state index contributed by atoms with van der Waals surface area (Å²) in [6, 6.07) is 0. The Bertz CT molecular complexity index is 348. The second-order valence-corrected chi connectivity index (χ2v) is 7.82. The number of unbranched alkanes of at least 4 members (excludes halogenated alkanes) is 19. The first kappa shape index (κ1) is 25.1. The average Bonchev–Trinajstić information content (AvgIpc) is 2.66. The fourth-order valence-corrected chi connectivity index (χ4v) is 3.38. The Hall–Kier alpha value is -0.880. The highest BCUT2D eigenvalue weighted by Gasteiger charge is 1.93. The molecule has 0 aliphatic heterocycles. The van der Waals surface area contributed by atoms with Crippen molar-refractivity contribution in [1.29, 1.82) is 0 Å². The van der Waals surface area contributed by atoms with Crippen molar-refractivity contribution in [2.75, 3.05) is 0 Å². The molecule has 150 valence electrons. The topological polar surface area (TPSA) is 0 Å². The molecule has 0 heterocycles. The third-order valence-electron chi connectivity index (χ3n) is 5.15. The van der Waals surface area contributed by atoms with Crippen LogP contribution in [0.4, 0.5) is 0 Å². The Morgan fingerprint density at radius 2 is 0.731 bits per heavy atom. The third kappa shape index (κ3) is 23.1. The number of hydrogen-bond donors (Lipinski definition) is 0. The SMILES string of the molecule is C#CCCCCCCCCCCC#CCCCCCCCCCCCC. The molecule has 0 unspecified atom stereocenters. The van der Waals surface area contributed by atoms with E-state index in [2.05, 4.69) is 24.7 Å². The molecule has 0 aliphatic carbocycles. The molecular weight excluding hydrogens is 312 g/mol. The van der Waals surface area contributed by atoms with E-state index in [1.54, 1.807) is 0 Å². The molecule has 0 aliphatic rings. The average molecular weight is 359 g/mol. The van der Waals surface area contributed by atoms with Gasteiger partial charge in [-0.05, 0) is 19.3 Å². The van der Waals surface area contributed by atoms with Gasteiger partial charge in [-0.3, -0.25) is 0 Å². The highest BCUT2D eigenvalue weighted by Crippen LogP contribution is 2.12.